The summed E-state index contributed by atoms with van der Waals surface area (Å²) in [4.78, 5) is 15.8. The maximum atomic E-state index is 13.6. The fraction of sp³-hybridized carbons (Fsp3) is 0.519. The largest absolute Gasteiger partial charge is 0.504 e. The first-order chi connectivity index (χ1) is 15.6. The van der Waals surface area contributed by atoms with Crippen molar-refractivity contribution in [2.75, 3.05) is 14.2 Å². The number of aromatic hydroxyl groups is 1. The average molecular weight is 438 g/mol. The van der Waals surface area contributed by atoms with E-state index in [-0.39, 0.29) is 11.7 Å². The molecule has 1 amide bonds. The number of phenols is 1. The number of phenolic OH excluding ortho intramolecular Hbond substituents is 1. The number of amides is 1. The molecule has 2 aromatic rings. The van der Waals surface area contributed by atoms with E-state index in [1.165, 1.54) is 39.2 Å². The first-order valence-corrected chi connectivity index (χ1v) is 12.0. The van der Waals surface area contributed by atoms with Crippen molar-refractivity contribution in [3.05, 3.63) is 53.1 Å². The quantitative estimate of drug-likeness (QED) is 0.602. The van der Waals surface area contributed by atoms with Gasteiger partial charge in [-0.15, -0.1) is 0 Å². The number of carbonyl (C=O) groups excluding carboxylic acids is 1. The molecule has 4 rings (SSSR count). The molecule has 0 aliphatic heterocycles. The molecular formula is C27H35NO4. The summed E-state index contributed by atoms with van der Waals surface area (Å²) in [7, 11) is 3.13. The van der Waals surface area contributed by atoms with Crippen LogP contribution in [0.25, 0.3) is 0 Å². The van der Waals surface area contributed by atoms with Gasteiger partial charge < -0.3 is 19.5 Å². The number of nitrogens with zero attached hydrogens (tertiary/aromatic N) is 1. The second-order valence-electron chi connectivity index (χ2n) is 9.15. The van der Waals surface area contributed by atoms with Gasteiger partial charge in [0.15, 0.2) is 11.5 Å². The fourth-order valence-electron chi connectivity index (χ4n) is 5.39. The third kappa shape index (κ3) is 4.87. The van der Waals surface area contributed by atoms with E-state index >= 15 is 0 Å². The molecule has 0 radical (unpaired) electrons. The van der Waals surface area contributed by atoms with Gasteiger partial charge in [-0.2, -0.15) is 0 Å². The first-order valence-electron chi connectivity index (χ1n) is 12.0. The molecule has 0 saturated heterocycles. The Morgan fingerprint density at radius 3 is 2.00 bits per heavy atom. The van der Waals surface area contributed by atoms with Gasteiger partial charge in [-0.25, -0.2) is 0 Å². The van der Waals surface area contributed by atoms with Gasteiger partial charge in [0.25, 0.3) is 5.91 Å². The Hall–Kier alpha value is -2.69. The lowest BCUT2D eigenvalue weighted by molar-refractivity contribution is 0.0518. The molecular weight excluding hydrogens is 402 g/mol. The summed E-state index contributed by atoms with van der Waals surface area (Å²) in [6, 6.07) is 12.2. The van der Waals surface area contributed by atoms with Gasteiger partial charge in [-0.05, 0) is 49.4 Å². The van der Waals surface area contributed by atoms with E-state index in [9.17, 15) is 9.90 Å². The van der Waals surface area contributed by atoms with Crippen molar-refractivity contribution in [3.63, 3.8) is 0 Å². The number of methoxy groups -OCH3 is 2. The summed E-state index contributed by atoms with van der Waals surface area (Å²) in [5.74, 6) is 1.29. The molecule has 2 fully saturated rings. The molecule has 2 aliphatic carbocycles. The maximum absolute atomic E-state index is 13.6. The second kappa shape index (κ2) is 10.3. The Morgan fingerprint density at radius 1 is 0.875 bits per heavy atom. The zero-order valence-electron chi connectivity index (χ0n) is 19.3. The van der Waals surface area contributed by atoms with E-state index in [0.29, 0.717) is 30.0 Å². The minimum absolute atomic E-state index is 0.0590. The summed E-state index contributed by atoms with van der Waals surface area (Å²) in [6.45, 7) is 0. The highest BCUT2D eigenvalue weighted by atomic mass is 16.5. The average Bonchev–Trinajstić information content (AvgIpc) is 3.35. The molecule has 0 atom stereocenters. The van der Waals surface area contributed by atoms with E-state index in [4.69, 9.17) is 9.47 Å². The highest BCUT2D eigenvalue weighted by Gasteiger charge is 2.33. The van der Waals surface area contributed by atoms with Gasteiger partial charge in [-0.3, -0.25) is 4.79 Å². The Balaban J connectivity index is 1.53. The molecule has 2 aliphatic rings. The van der Waals surface area contributed by atoms with Crippen LogP contribution < -0.4 is 9.47 Å². The third-order valence-electron chi connectivity index (χ3n) is 7.10. The number of ether oxygens (including phenoxy) is 2. The summed E-state index contributed by atoms with van der Waals surface area (Å²) in [5, 5.41) is 10.0. The third-order valence-corrected chi connectivity index (χ3v) is 7.10. The normalized spacial score (nSPS) is 17.3. The summed E-state index contributed by atoms with van der Waals surface area (Å²) >= 11 is 0. The Bertz CT molecular complexity index is 912. The highest BCUT2D eigenvalue weighted by molar-refractivity contribution is 5.94. The highest BCUT2D eigenvalue weighted by Crippen LogP contribution is 2.35. The molecule has 0 spiro atoms. The van der Waals surface area contributed by atoms with E-state index in [1.54, 1.807) is 19.2 Å². The van der Waals surface area contributed by atoms with Gasteiger partial charge in [-0.1, -0.05) is 44.2 Å². The molecule has 0 heterocycles. The van der Waals surface area contributed by atoms with E-state index in [0.717, 1.165) is 42.4 Å². The molecule has 2 aromatic carbocycles. The second-order valence-corrected chi connectivity index (χ2v) is 9.15. The van der Waals surface area contributed by atoms with Crippen LogP contribution in [0.5, 0.6) is 17.2 Å². The lowest BCUT2D eigenvalue weighted by Gasteiger charge is -2.39. The lowest BCUT2D eigenvalue weighted by Crippen LogP contribution is -2.47. The van der Waals surface area contributed by atoms with Crippen LogP contribution in [0.1, 0.15) is 79.3 Å². The molecule has 2 saturated carbocycles. The number of hydrogen-bond acceptors (Lipinski definition) is 4. The Labute approximate surface area is 191 Å². The van der Waals surface area contributed by atoms with E-state index < -0.39 is 0 Å². The number of hydrogen-bond donors (Lipinski definition) is 1. The molecule has 0 aromatic heterocycles. The van der Waals surface area contributed by atoms with Crippen molar-refractivity contribution in [1.82, 2.24) is 4.90 Å². The molecule has 0 unspecified atom stereocenters. The van der Waals surface area contributed by atoms with Gasteiger partial charge in [0.1, 0.15) is 5.75 Å². The van der Waals surface area contributed by atoms with Crippen molar-refractivity contribution in [1.29, 1.82) is 0 Å². The fourth-order valence-corrected chi connectivity index (χ4v) is 5.39. The van der Waals surface area contributed by atoms with Crippen LogP contribution in [0.2, 0.25) is 0 Å². The summed E-state index contributed by atoms with van der Waals surface area (Å²) in [6.07, 6.45) is 11.4. The van der Waals surface area contributed by atoms with Crippen LogP contribution in [0.15, 0.2) is 36.4 Å². The predicted molar refractivity (Wildman–Crippen MR) is 126 cm³/mol. The minimum atomic E-state index is 0.0590. The summed E-state index contributed by atoms with van der Waals surface area (Å²) in [5.41, 5.74) is 2.79. The monoisotopic (exact) mass is 437 g/mol. The van der Waals surface area contributed by atoms with Gasteiger partial charge in [0.2, 0.25) is 0 Å². The van der Waals surface area contributed by atoms with Crippen LogP contribution >= 0.6 is 0 Å². The van der Waals surface area contributed by atoms with Gasteiger partial charge >= 0.3 is 0 Å². The minimum Gasteiger partial charge on any atom is -0.504 e. The van der Waals surface area contributed by atoms with Crippen molar-refractivity contribution < 1.29 is 19.4 Å². The van der Waals surface area contributed by atoms with Crippen LogP contribution in [-0.4, -0.2) is 42.2 Å². The Kier molecular flexibility index (Phi) is 7.23. The molecule has 32 heavy (non-hydrogen) atoms. The SMILES string of the molecule is COc1cc(Cc2ccc(C(=O)N(C3CCCCC3)C3CCCC3)cc2)c(OC)cc1O. The molecule has 0 bridgehead atoms. The topological polar surface area (TPSA) is 59.0 Å². The van der Waals surface area contributed by atoms with Crippen molar-refractivity contribution in [2.24, 2.45) is 0 Å². The van der Waals surface area contributed by atoms with Crippen molar-refractivity contribution in [3.8, 4) is 17.2 Å². The summed E-state index contributed by atoms with van der Waals surface area (Å²) < 4.78 is 10.7. The van der Waals surface area contributed by atoms with Crippen molar-refractivity contribution in [2.45, 2.75) is 76.3 Å². The lowest BCUT2D eigenvalue weighted by atomic mass is 9.92. The molecule has 1 N–H and O–H groups in total. The van der Waals surface area contributed by atoms with Crippen LogP contribution in [0.3, 0.4) is 0 Å². The maximum Gasteiger partial charge on any atom is 0.254 e. The smallest absolute Gasteiger partial charge is 0.254 e. The first kappa shape index (κ1) is 22.5. The molecule has 5 nitrogen and oxygen atoms in total. The van der Waals surface area contributed by atoms with E-state index in [2.05, 4.69) is 4.90 Å². The van der Waals surface area contributed by atoms with Crippen LogP contribution in [0.4, 0.5) is 0 Å². The zero-order chi connectivity index (χ0) is 22.5. The van der Waals surface area contributed by atoms with Crippen molar-refractivity contribution >= 4 is 5.91 Å². The van der Waals surface area contributed by atoms with Crippen LogP contribution in [0, 0.1) is 0 Å². The standard InChI is InChI=1S/C27H35NO4/c1-31-25-18-24(29)26(32-2)17-21(25)16-19-12-14-20(15-13-19)27(30)28(23-10-6-7-11-23)22-8-4-3-5-9-22/h12-15,17-18,22-23,29H,3-11,16H2,1-2H3. The van der Waals surface area contributed by atoms with Gasteiger partial charge in [0, 0.05) is 35.7 Å². The van der Waals surface area contributed by atoms with E-state index in [1.807, 2.05) is 24.3 Å². The number of benzene rings is 2. The Morgan fingerprint density at radius 2 is 1.44 bits per heavy atom. The predicted octanol–water partition coefficient (Wildman–Crippen LogP) is 5.72. The number of rotatable bonds is 7. The molecule has 172 valence electrons. The van der Waals surface area contributed by atoms with Gasteiger partial charge in [0.05, 0.1) is 14.2 Å². The molecule has 5 heteroatoms. The van der Waals surface area contributed by atoms with Crippen LogP contribution in [-0.2, 0) is 6.42 Å². The zero-order valence-corrected chi connectivity index (χ0v) is 19.3. The number of carbonyl (C=O) groups is 1.